The molecule has 4 nitrogen and oxygen atoms in total. The topological polar surface area (TPSA) is 35.6 Å². The van der Waals surface area contributed by atoms with Gasteiger partial charge in [0.1, 0.15) is 0 Å². The first-order valence-corrected chi connectivity index (χ1v) is 14.1. The number of amides is 1. The lowest BCUT2D eigenvalue weighted by Crippen LogP contribution is -2.56. The van der Waals surface area contributed by atoms with E-state index in [4.69, 9.17) is 0 Å². The van der Waals surface area contributed by atoms with Gasteiger partial charge in [0.2, 0.25) is 0 Å². The van der Waals surface area contributed by atoms with Crippen LogP contribution < -0.4 is 10.2 Å². The summed E-state index contributed by atoms with van der Waals surface area (Å²) >= 11 is 0. The van der Waals surface area contributed by atoms with Crippen LogP contribution in [0.2, 0.25) is 0 Å². The van der Waals surface area contributed by atoms with Crippen molar-refractivity contribution in [3.63, 3.8) is 0 Å². The second-order valence-electron chi connectivity index (χ2n) is 11.1. The highest BCUT2D eigenvalue weighted by atomic mass is 16.1. The fourth-order valence-electron chi connectivity index (χ4n) is 6.48. The zero-order valence-electron chi connectivity index (χ0n) is 22.3. The van der Waals surface area contributed by atoms with Crippen molar-refractivity contribution < 1.29 is 4.79 Å². The van der Waals surface area contributed by atoms with Gasteiger partial charge in [0.15, 0.2) is 0 Å². The van der Waals surface area contributed by atoms with Crippen molar-refractivity contribution in [2.75, 3.05) is 36.4 Å². The number of nitrogens with one attached hydrogen (secondary N) is 1. The van der Waals surface area contributed by atoms with Crippen LogP contribution >= 0.6 is 0 Å². The molecule has 2 aliphatic rings. The number of carbonyl (C=O) groups is 1. The predicted octanol–water partition coefficient (Wildman–Crippen LogP) is 7.32. The molecule has 1 saturated heterocycles. The molecule has 1 heterocycles. The van der Waals surface area contributed by atoms with E-state index in [2.05, 4.69) is 82.7 Å². The highest BCUT2D eigenvalue weighted by Crippen LogP contribution is 2.45. The fourth-order valence-corrected chi connectivity index (χ4v) is 6.48. The second-order valence-corrected chi connectivity index (χ2v) is 11.1. The largest absolute Gasteiger partial charge is 0.369 e. The number of piperazine rings is 1. The van der Waals surface area contributed by atoms with E-state index >= 15 is 0 Å². The maximum absolute atomic E-state index is 13.2. The quantitative estimate of drug-likeness (QED) is 0.310. The van der Waals surface area contributed by atoms with Crippen molar-refractivity contribution in [3.8, 4) is 0 Å². The van der Waals surface area contributed by atoms with Crippen molar-refractivity contribution in [2.45, 2.75) is 38.1 Å². The van der Waals surface area contributed by atoms with E-state index in [1.807, 2.05) is 36.4 Å². The molecule has 0 aromatic heterocycles. The summed E-state index contributed by atoms with van der Waals surface area (Å²) in [6, 6.07) is 33.5. The molecule has 2 fully saturated rings. The SMILES string of the molecule is CC1CCC(c2cccc(NC(=O)c3ccc4ccccc4c3)c2)(N2CCN(c3ccccc3)CC2)CC1. The van der Waals surface area contributed by atoms with Crippen molar-refractivity contribution in [3.05, 3.63) is 108 Å². The van der Waals surface area contributed by atoms with Gasteiger partial charge in [-0.05, 0) is 84.3 Å². The number of anilines is 2. The Labute approximate surface area is 226 Å². The molecule has 6 rings (SSSR count). The number of carbonyl (C=O) groups excluding carboxylic acids is 1. The number of hydrogen-bond donors (Lipinski definition) is 1. The molecule has 194 valence electrons. The van der Waals surface area contributed by atoms with Crippen LogP contribution in [0.3, 0.4) is 0 Å². The Bertz CT molecular complexity index is 1400. The Morgan fingerprint density at radius 2 is 1.47 bits per heavy atom. The predicted molar refractivity (Wildman–Crippen MR) is 158 cm³/mol. The van der Waals surface area contributed by atoms with E-state index in [1.165, 1.54) is 36.9 Å². The molecule has 38 heavy (non-hydrogen) atoms. The van der Waals surface area contributed by atoms with Crippen molar-refractivity contribution in [2.24, 2.45) is 5.92 Å². The zero-order chi connectivity index (χ0) is 26.0. The van der Waals surface area contributed by atoms with Crippen LogP contribution in [0.1, 0.15) is 48.5 Å². The minimum atomic E-state index is -0.0595. The van der Waals surface area contributed by atoms with Crippen molar-refractivity contribution in [1.29, 1.82) is 0 Å². The van der Waals surface area contributed by atoms with Gasteiger partial charge in [0.25, 0.3) is 5.91 Å². The molecular weight excluding hydrogens is 466 g/mol. The molecule has 1 aliphatic heterocycles. The van der Waals surface area contributed by atoms with Gasteiger partial charge >= 0.3 is 0 Å². The molecule has 0 unspecified atom stereocenters. The van der Waals surface area contributed by atoms with Gasteiger partial charge in [-0.1, -0.05) is 67.6 Å². The van der Waals surface area contributed by atoms with E-state index in [0.717, 1.165) is 48.6 Å². The Morgan fingerprint density at radius 3 is 2.24 bits per heavy atom. The molecule has 0 atom stereocenters. The van der Waals surface area contributed by atoms with Gasteiger partial charge in [0.05, 0.1) is 0 Å². The van der Waals surface area contributed by atoms with Crippen LogP contribution in [0.15, 0.2) is 97.1 Å². The van der Waals surface area contributed by atoms with E-state index in [0.29, 0.717) is 5.56 Å². The van der Waals surface area contributed by atoms with Crippen LogP contribution in [0, 0.1) is 5.92 Å². The van der Waals surface area contributed by atoms with Gasteiger partial charge in [-0.15, -0.1) is 0 Å². The van der Waals surface area contributed by atoms with Crippen LogP contribution in [0.4, 0.5) is 11.4 Å². The lowest BCUT2D eigenvalue weighted by atomic mass is 9.71. The number of rotatable bonds is 5. The summed E-state index contributed by atoms with van der Waals surface area (Å²) in [7, 11) is 0. The third-order valence-electron chi connectivity index (χ3n) is 8.78. The minimum absolute atomic E-state index is 0.0268. The van der Waals surface area contributed by atoms with Crippen LogP contribution in [0.5, 0.6) is 0 Å². The Hall–Kier alpha value is -3.63. The van der Waals surface area contributed by atoms with Crippen LogP contribution in [-0.4, -0.2) is 37.0 Å². The highest BCUT2D eigenvalue weighted by Gasteiger charge is 2.42. The molecule has 1 amide bonds. The van der Waals surface area contributed by atoms with Gasteiger partial charge in [-0.25, -0.2) is 0 Å². The summed E-state index contributed by atoms with van der Waals surface area (Å²) in [6.07, 6.45) is 4.82. The number of nitrogens with zero attached hydrogens (tertiary/aromatic N) is 2. The molecule has 1 aliphatic carbocycles. The van der Waals surface area contributed by atoms with Crippen LogP contribution in [0.25, 0.3) is 10.8 Å². The van der Waals surface area contributed by atoms with Crippen molar-refractivity contribution in [1.82, 2.24) is 4.90 Å². The minimum Gasteiger partial charge on any atom is -0.369 e. The average molecular weight is 504 g/mol. The number of fused-ring (bicyclic) bond motifs is 1. The maximum atomic E-state index is 13.2. The van der Waals surface area contributed by atoms with E-state index in [1.54, 1.807) is 0 Å². The summed E-state index contributed by atoms with van der Waals surface area (Å²) in [5.74, 6) is 0.709. The summed E-state index contributed by atoms with van der Waals surface area (Å²) in [6.45, 7) is 6.57. The van der Waals surface area contributed by atoms with Gasteiger partial charge in [0, 0.05) is 48.7 Å². The standard InChI is InChI=1S/C34H37N3O/c1-26-16-18-34(19-17-26,37-22-20-36(21-23-37)32-12-3-2-4-13-32)30-10-7-11-31(25-30)35-33(38)29-15-14-27-8-5-6-9-28(27)24-29/h2-15,24-26H,16-23H2,1H3,(H,35,38). The van der Waals surface area contributed by atoms with Gasteiger partial charge in [-0.3, -0.25) is 9.69 Å². The first-order valence-electron chi connectivity index (χ1n) is 14.1. The Balaban J connectivity index is 1.23. The van der Waals surface area contributed by atoms with Crippen molar-refractivity contribution >= 4 is 28.1 Å². The van der Waals surface area contributed by atoms with Gasteiger partial charge < -0.3 is 10.2 Å². The monoisotopic (exact) mass is 503 g/mol. The Morgan fingerprint density at radius 1 is 0.763 bits per heavy atom. The Kier molecular flexibility index (Phi) is 6.90. The molecule has 4 heteroatoms. The highest BCUT2D eigenvalue weighted by molar-refractivity contribution is 6.06. The molecule has 4 aromatic rings. The normalized spacial score (nSPS) is 22.3. The molecule has 1 N–H and O–H groups in total. The first-order chi connectivity index (χ1) is 18.6. The average Bonchev–Trinajstić information content (AvgIpc) is 2.98. The molecule has 0 radical (unpaired) electrons. The molecule has 4 aromatic carbocycles. The van der Waals surface area contributed by atoms with Crippen LogP contribution in [-0.2, 0) is 5.54 Å². The number of para-hydroxylation sites is 1. The summed E-state index contributed by atoms with van der Waals surface area (Å²) in [5, 5.41) is 5.42. The number of hydrogen-bond acceptors (Lipinski definition) is 3. The molecule has 0 spiro atoms. The van der Waals surface area contributed by atoms with E-state index in [-0.39, 0.29) is 11.4 Å². The van der Waals surface area contributed by atoms with Gasteiger partial charge in [-0.2, -0.15) is 0 Å². The summed E-state index contributed by atoms with van der Waals surface area (Å²) < 4.78 is 0. The first kappa shape index (κ1) is 24.7. The smallest absolute Gasteiger partial charge is 0.255 e. The number of benzene rings is 4. The molecule has 0 bridgehead atoms. The third-order valence-corrected chi connectivity index (χ3v) is 8.78. The lowest BCUT2D eigenvalue weighted by Gasteiger charge is -2.51. The van der Waals surface area contributed by atoms with E-state index < -0.39 is 0 Å². The fraction of sp³-hybridized carbons (Fsp3) is 0.324. The zero-order valence-corrected chi connectivity index (χ0v) is 22.3. The molecular formula is C34H37N3O. The summed E-state index contributed by atoms with van der Waals surface area (Å²) in [4.78, 5) is 18.5. The third kappa shape index (κ3) is 4.93. The molecule has 1 saturated carbocycles. The lowest BCUT2D eigenvalue weighted by molar-refractivity contribution is 0.0299. The van der Waals surface area contributed by atoms with E-state index in [9.17, 15) is 4.79 Å². The maximum Gasteiger partial charge on any atom is 0.255 e. The second kappa shape index (κ2) is 10.6. The summed E-state index contributed by atoms with van der Waals surface area (Å²) in [5.41, 5.74) is 4.25.